The van der Waals surface area contributed by atoms with Gasteiger partial charge in [-0.1, -0.05) is 15.9 Å². The topological polar surface area (TPSA) is 35.5 Å². The van der Waals surface area contributed by atoms with E-state index >= 15 is 0 Å². The summed E-state index contributed by atoms with van der Waals surface area (Å²) in [6.45, 7) is 0. The van der Waals surface area contributed by atoms with Gasteiger partial charge in [-0.3, -0.25) is 0 Å². The molecule has 61 valence electrons. The number of alkyl halides is 1. The molecule has 1 rings (SSSR count). The third kappa shape index (κ3) is 2.45. The molecule has 0 bridgehead atoms. The van der Waals surface area contributed by atoms with E-state index in [1.807, 2.05) is 0 Å². The highest BCUT2D eigenvalue weighted by atomic mass is 79.9. The molecular weight excluding hydrogens is 212 g/mol. The predicted octanol–water partition coefficient (Wildman–Crippen LogP) is 0.892. The molecule has 3 nitrogen and oxygen atoms in total. The number of halogens is 1. The van der Waals surface area contributed by atoms with Gasteiger partial charge in [0.2, 0.25) is 0 Å². The van der Waals surface area contributed by atoms with Gasteiger partial charge in [0, 0.05) is 12.8 Å². The van der Waals surface area contributed by atoms with Crippen molar-refractivity contribution in [3.63, 3.8) is 0 Å². The van der Waals surface area contributed by atoms with Crippen molar-refractivity contribution in [1.29, 1.82) is 0 Å². The molecule has 0 spiro atoms. The number of rotatable bonds is 1. The van der Waals surface area contributed by atoms with Crippen molar-refractivity contribution >= 4 is 21.9 Å². The van der Waals surface area contributed by atoms with Gasteiger partial charge in [0.1, 0.15) is 5.01 Å². The Morgan fingerprint density at radius 3 is 2.91 bits per heavy atom. The molecule has 2 atom stereocenters. The van der Waals surface area contributed by atoms with E-state index in [1.54, 1.807) is 19.3 Å². The summed E-state index contributed by atoms with van der Waals surface area (Å²) in [4.78, 5) is 10.9. The van der Waals surface area contributed by atoms with Crippen LogP contribution in [0.3, 0.4) is 0 Å². The van der Waals surface area contributed by atoms with E-state index in [2.05, 4.69) is 20.7 Å². The van der Waals surface area contributed by atoms with Gasteiger partial charge in [0.25, 0.3) is 0 Å². The second-order valence-corrected chi connectivity index (χ2v) is 2.91. The summed E-state index contributed by atoms with van der Waals surface area (Å²) in [5, 5.41) is -0.198. The summed E-state index contributed by atoms with van der Waals surface area (Å²) < 4.78 is 9.63. The molecule has 0 aromatic heterocycles. The number of carbonyl (C=O) groups is 1. The van der Waals surface area contributed by atoms with Crippen molar-refractivity contribution < 1.29 is 14.3 Å². The SMILES string of the molecule is COC(=O)[C@@H]1[CH][CH][CH]C(Br)O1. The molecule has 1 aliphatic heterocycles. The third-order valence-corrected chi connectivity index (χ3v) is 1.78. The lowest BCUT2D eigenvalue weighted by atomic mass is 10.1. The smallest absolute Gasteiger partial charge is 0.335 e. The van der Waals surface area contributed by atoms with Crippen LogP contribution >= 0.6 is 15.9 Å². The van der Waals surface area contributed by atoms with Gasteiger partial charge in [0.05, 0.1) is 7.11 Å². The Balaban J connectivity index is 2.39. The molecule has 1 heterocycles. The molecule has 1 unspecified atom stereocenters. The molecule has 1 aliphatic rings. The van der Waals surface area contributed by atoms with E-state index in [0.29, 0.717) is 0 Å². The average molecular weight is 220 g/mol. The fourth-order valence-electron chi connectivity index (χ4n) is 0.733. The van der Waals surface area contributed by atoms with Gasteiger partial charge in [-0.2, -0.15) is 0 Å². The van der Waals surface area contributed by atoms with Crippen molar-refractivity contribution in [2.45, 2.75) is 11.1 Å². The summed E-state index contributed by atoms with van der Waals surface area (Å²) in [7, 11) is 1.33. The summed E-state index contributed by atoms with van der Waals surface area (Å²) >= 11 is 3.19. The van der Waals surface area contributed by atoms with Crippen molar-refractivity contribution in [3.05, 3.63) is 19.3 Å². The van der Waals surface area contributed by atoms with E-state index in [4.69, 9.17) is 4.74 Å². The second-order valence-electron chi connectivity index (χ2n) is 2.01. The van der Waals surface area contributed by atoms with E-state index in [9.17, 15) is 4.79 Å². The molecular formula is C7H8BrO3. The van der Waals surface area contributed by atoms with E-state index in [0.717, 1.165) is 0 Å². The lowest BCUT2D eigenvalue weighted by Gasteiger charge is -2.23. The Hall–Kier alpha value is -0.0900. The van der Waals surface area contributed by atoms with Crippen LogP contribution in [0, 0.1) is 19.3 Å². The lowest BCUT2D eigenvalue weighted by Crippen LogP contribution is -2.33. The Kier molecular flexibility index (Phi) is 3.33. The fraction of sp³-hybridized carbons (Fsp3) is 0.429. The molecule has 11 heavy (non-hydrogen) atoms. The van der Waals surface area contributed by atoms with E-state index in [1.165, 1.54) is 7.11 Å². The molecule has 1 saturated heterocycles. The first-order valence-electron chi connectivity index (χ1n) is 3.13. The molecule has 1 fully saturated rings. The quantitative estimate of drug-likeness (QED) is 0.486. The Labute approximate surface area is 74.2 Å². The minimum absolute atomic E-state index is 0.198. The van der Waals surface area contributed by atoms with Crippen LogP contribution in [0.1, 0.15) is 0 Å². The lowest BCUT2D eigenvalue weighted by molar-refractivity contribution is -0.152. The van der Waals surface area contributed by atoms with Crippen LogP contribution in [-0.4, -0.2) is 24.2 Å². The number of ether oxygens (including phenoxy) is 2. The molecule has 0 aliphatic carbocycles. The highest BCUT2D eigenvalue weighted by Crippen LogP contribution is 2.20. The van der Waals surface area contributed by atoms with Crippen LogP contribution in [0.25, 0.3) is 0 Å². The first-order valence-corrected chi connectivity index (χ1v) is 4.04. The number of hydrogen-bond donors (Lipinski definition) is 0. The van der Waals surface area contributed by atoms with Crippen LogP contribution in [0.5, 0.6) is 0 Å². The minimum Gasteiger partial charge on any atom is -0.467 e. The maximum absolute atomic E-state index is 10.9. The molecule has 0 aromatic carbocycles. The van der Waals surface area contributed by atoms with Gasteiger partial charge < -0.3 is 9.47 Å². The average Bonchev–Trinajstić information content (AvgIpc) is 2.03. The second kappa shape index (κ2) is 4.07. The highest BCUT2D eigenvalue weighted by molar-refractivity contribution is 9.09. The summed E-state index contributed by atoms with van der Waals surface area (Å²) in [5.41, 5.74) is 0. The first kappa shape index (κ1) is 9.00. The Morgan fingerprint density at radius 1 is 1.64 bits per heavy atom. The monoisotopic (exact) mass is 219 g/mol. The number of hydrogen-bond acceptors (Lipinski definition) is 3. The molecule has 3 radical (unpaired) electrons. The van der Waals surface area contributed by atoms with Crippen molar-refractivity contribution in [1.82, 2.24) is 0 Å². The van der Waals surface area contributed by atoms with E-state index in [-0.39, 0.29) is 11.0 Å². The van der Waals surface area contributed by atoms with E-state index < -0.39 is 6.10 Å². The van der Waals surface area contributed by atoms with Crippen LogP contribution < -0.4 is 0 Å². The summed E-state index contributed by atoms with van der Waals surface area (Å²) in [5.74, 6) is -0.376. The zero-order valence-corrected chi connectivity index (χ0v) is 7.58. The van der Waals surface area contributed by atoms with Gasteiger partial charge in [-0.05, 0) is 6.42 Å². The largest absolute Gasteiger partial charge is 0.467 e. The standard InChI is InChI=1S/C7H8BrO3/c1-10-7(9)5-3-2-4-6(8)11-5/h2-6H,1H3/t5-,6?/m0/s1. The van der Waals surface area contributed by atoms with Gasteiger partial charge in [-0.25, -0.2) is 4.79 Å². The van der Waals surface area contributed by atoms with Gasteiger partial charge >= 0.3 is 5.97 Å². The highest BCUT2D eigenvalue weighted by Gasteiger charge is 2.27. The minimum atomic E-state index is -0.575. The molecule has 0 saturated carbocycles. The van der Waals surface area contributed by atoms with Gasteiger partial charge in [-0.15, -0.1) is 0 Å². The van der Waals surface area contributed by atoms with Crippen LogP contribution in [0.4, 0.5) is 0 Å². The fourth-order valence-corrected chi connectivity index (χ4v) is 1.14. The predicted molar refractivity (Wildman–Crippen MR) is 42.5 cm³/mol. The third-order valence-electron chi connectivity index (χ3n) is 1.26. The van der Waals surface area contributed by atoms with Crippen LogP contribution in [0.15, 0.2) is 0 Å². The molecule has 0 amide bonds. The normalized spacial score (nSPS) is 31.5. The Bertz CT molecular complexity index is 149. The summed E-state index contributed by atoms with van der Waals surface area (Å²) in [6.07, 6.45) is 4.63. The number of methoxy groups -OCH3 is 1. The zero-order chi connectivity index (χ0) is 8.27. The van der Waals surface area contributed by atoms with Crippen molar-refractivity contribution in [3.8, 4) is 0 Å². The Morgan fingerprint density at radius 2 is 2.36 bits per heavy atom. The van der Waals surface area contributed by atoms with Gasteiger partial charge in [0.15, 0.2) is 6.10 Å². The first-order chi connectivity index (χ1) is 5.24. The maximum Gasteiger partial charge on any atom is 0.335 e. The number of esters is 1. The zero-order valence-electron chi connectivity index (χ0n) is 5.99. The number of carbonyl (C=O) groups excluding carboxylic acids is 1. The molecule has 0 aromatic rings. The van der Waals surface area contributed by atoms with Crippen molar-refractivity contribution in [2.75, 3.05) is 7.11 Å². The van der Waals surface area contributed by atoms with Crippen LogP contribution in [-0.2, 0) is 14.3 Å². The maximum atomic E-state index is 10.9. The van der Waals surface area contributed by atoms with Crippen molar-refractivity contribution in [2.24, 2.45) is 0 Å². The summed E-state index contributed by atoms with van der Waals surface area (Å²) in [6, 6.07) is 0. The molecule has 0 N–H and O–H groups in total. The molecule has 4 heteroatoms. The van der Waals surface area contributed by atoms with Crippen LogP contribution in [0.2, 0.25) is 0 Å².